The van der Waals surface area contributed by atoms with E-state index in [0.717, 1.165) is 22.3 Å². The Labute approximate surface area is 93.7 Å². The molecule has 0 aliphatic rings. The number of fused-ring (bicyclic) bond motifs is 1. The standard InChI is InChI=1S/C14H12N2/c15-13-7-3-1-5-10(13)12-9-16-14-8-4-2-6-11(12)14/h1-9,16H,15H2. The van der Waals surface area contributed by atoms with Gasteiger partial charge in [-0.2, -0.15) is 0 Å². The van der Waals surface area contributed by atoms with E-state index >= 15 is 0 Å². The predicted molar refractivity (Wildman–Crippen MR) is 68.1 cm³/mol. The second kappa shape index (κ2) is 3.42. The molecule has 2 heteroatoms. The summed E-state index contributed by atoms with van der Waals surface area (Å²) in [7, 11) is 0. The molecule has 0 bridgehead atoms. The van der Waals surface area contributed by atoms with Crippen molar-refractivity contribution in [2.24, 2.45) is 0 Å². The van der Waals surface area contributed by atoms with Gasteiger partial charge >= 0.3 is 0 Å². The van der Waals surface area contributed by atoms with Gasteiger partial charge in [-0.05, 0) is 12.1 Å². The first-order valence-electron chi connectivity index (χ1n) is 5.27. The number of rotatable bonds is 1. The Kier molecular flexibility index (Phi) is 1.93. The van der Waals surface area contributed by atoms with E-state index in [2.05, 4.69) is 17.1 Å². The maximum atomic E-state index is 5.99. The smallest absolute Gasteiger partial charge is 0.0460 e. The maximum Gasteiger partial charge on any atom is 0.0460 e. The molecular formula is C14H12N2. The van der Waals surface area contributed by atoms with Gasteiger partial charge in [-0.15, -0.1) is 0 Å². The van der Waals surface area contributed by atoms with E-state index in [1.165, 1.54) is 5.39 Å². The highest BCUT2D eigenvalue weighted by atomic mass is 14.7. The minimum Gasteiger partial charge on any atom is -0.398 e. The van der Waals surface area contributed by atoms with Crippen LogP contribution in [0.2, 0.25) is 0 Å². The molecule has 2 nitrogen and oxygen atoms in total. The summed E-state index contributed by atoms with van der Waals surface area (Å²) in [4.78, 5) is 3.26. The summed E-state index contributed by atoms with van der Waals surface area (Å²) in [5.41, 5.74) is 10.2. The molecule has 16 heavy (non-hydrogen) atoms. The molecule has 0 radical (unpaired) electrons. The summed E-state index contributed by atoms with van der Waals surface area (Å²) in [5.74, 6) is 0. The van der Waals surface area contributed by atoms with Crippen molar-refractivity contribution in [3.05, 3.63) is 54.7 Å². The zero-order chi connectivity index (χ0) is 11.0. The predicted octanol–water partition coefficient (Wildman–Crippen LogP) is 3.42. The molecule has 3 N–H and O–H groups in total. The fraction of sp³-hybridized carbons (Fsp3) is 0. The third kappa shape index (κ3) is 1.27. The molecule has 0 atom stereocenters. The van der Waals surface area contributed by atoms with Crippen LogP contribution in [0.25, 0.3) is 22.0 Å². The van der Waals surface area contributed by atoms with Gasteiger partial charge in [0, 0.05) is 33.9 Å². The molecule has 0 unspecified atom stereocenters. The SMILES string of the molecule is Nc1ccccc1-c1c[nH]c2ccccc12. The van der Waals surface area contributed by atoms with Crippen molar-refractivity contribution in [3.8, 4) is 11.1 Å². The highest BCUT2D eigenvalue weighted by molar-refractivity contribution is 5.98. The minimum absolute atomic E-state index is 0.812. The Hall–Kier alpha value is -2.22. The van der Waals surface area contributed by atoms with Crippen molar-refractivity contribution >= 4 is 16.6 Å². The number of aromatic nitrogens is 1. The fourth-order valence-electron chi connectivity index (χ4n) is 2.04. The summed E-state index contributed by atoms with van der Waals surface area (Å²) < 4.78 is 0. The summed E-state index contributed by atoms with van der Waals surface area (Å²) in [6.07, 6.45) is 2.01. The molecule has 1 heterocycles. The molecule has 2 aromatic carbocycles. The van der Waals surface area contributed by atoms with Gasteiger partial charge in [-0.25, -0.2) is 0 Å². The Morgan fingerprint density at radius 3 is 2.44 bits per heavy atom. The topological polar surface area (TPSA) is 41.8 Å². The summed E-state index contributed by atoms with van der Waals surface area (Å²) in [6, 6.07) is 16.2. The van der Waals surface area contributed by atoms with Gasteiger partial charge in [-0.1, -0.05) is 36.4 Å². The minimum atomic E-state index is 0.812. The molecule has 0 saturated carbocycles. The van der Waals surface area contributed by atoms with Crippen molar-refractivity contribution < 1.29 is 0 Å². The Morgan fingerprint density at radius 1 is 0.812 bits per heavy atom. The number of nitrogens with one attached hydrogen (secondary N) is 1. The molecular weight excluding hydrogens is 196 g/mol. The van der Waals surface area contributed by atoms with Gasteiger partial charge in [0.25, 0.3) is 0 Å². The third-order valence-electron chi connectivity index (χ3n) is 2.84. The lowest BCUT2D eigenvalue weighted by molar-refractivity contribution is 1.47. The van der Waals surface area contributed by atoms with Crippen LogP contribution in [-0.2, 0) is 0 Å². The van der Waals surface area contributed by atoms with E-state index in [4.69, 9.17) is 5.73 Å². The van der Waals surface area contributed by atoms with E-state index in [-0.39, 0.29) is 0 Å². The van der Waals surface area contributed by atoms with Gasteiger partial charge in [0.05, 0.1) is 0 Å². The van der Waals surface area contributed by atoms with E-state index in [1.807, 2.05) is 42.6 Å². The molecule has 3 rings (SSSR count). The summed E-state index contributed by atoms with van der Waals surface area (Å²) in [5, 5.41) is 1.21. The van der Waals surface area contributed by atoms with Crippen LogP contribution in [-0.4, -0.2) is 4.98 Å². The highest BCUT2D eigenvalue weighted by Crippen LogP contribution is 2.31. The monoisotopic (exact) mass is 208 g/mol. The second-order valence-corrected chi connectivity index (χ2v) is 3.84. The third-order valence-corrected chi connectivity index (χ3v) is 2.84. The van der Waals surface area contributed by atoms with Crippen LogP contribution >= 0.6 is 0 Å². The molecule has 78 valence electrons. The number of para-hydroxylation sites is 2. The Balaban J connectivity index is 2.31. The number of H-pyrrole nitrogens is 1. The number of benzene rings is 2. The molecule has 3 aromatic rings. The maximum absolute atomic E-state index is 5.99. The fourth-order valence-corrected chi connectivity index (χ4v) is 2.04. The number of anilines is 1. The average Bonchev–Trinajstić information content (AvgIpc) is 2.74. The van der Waals surface area contributed by atoms with Crippen LogP contribution < -0.4 is 5.73 Å². The molecule has 1 aromatic heterocycles. The van der Waals surface area contributed by atoms with Crippen molar-refractivity contribution in [2.45, 2.75) is 0 Å². The van der Waals surface area contributed by atoms with E-state index in [9.17, 15) is 0 Å². The van der Waals surface area contributed by atoms with Gasteiger partial charge in [0.2, 0.25) is 0 Å². The molecule has 0 aliphatic carbocycles. The van der Waals surface area contributed by atoms with Crippen molar-refractivity contribution in [1.29, 1.82) is 0 Å². The van der Waals surface area contributed by atoms with Crippen LogP contribution in [0.5, 0.6) is 0 Å². The lowest BCUT2D eigenvalue weighted by Crippen LogP contribution is -1.87. The Morgan fingerprint density at radius 2 is 1.56 bits per heavy atom. The van der Waals surface area contributed by atoms with Gasteiger partial charge in [-0.3, -0.25) is 0 Å². The molecule has 0 amide bonds. The number of hydrogen-bond acceptors (Lipinski definition) is 1. The lowest BCUT2D eigenvalue weighted by Gasteiger charge is -2.03. The van der Waals surface area contributed by atoms with Crippen LogP contribution in [0.4, 0.5) is 5.69 Å². The molecule has 0 spiro atoms. The second-order valence-electron chi connectivity index (χ2n) is 3.84. The van der Waals surface area contributed by atoms with Crippen LogP contribution in [0.3, 0.4) is 0 Å². The van der Waals surface area contributed by atoms with Crippen molar-refractivity contribution in [2.75, 3.05) is 5.73 Å². The van der Waals surface area contributed by atoms with Crippen LogP contribution in [0, 0.1) is 0 Å². The first kappa shape index (κ1) is 9.04. The van der Waals surface area contributed by atoms with E-state index in [1.54, 1.807) is 0 Å². The number of nitrogens with two attached hydrogens (primary N) is 1. The van der Waals surface area contributed by atoms with Crippen LogP contribution in [0.15, 0.2) is 54.7 Å². The Bertz CT molecular complexity index is 638. The van der Waals surface area contributed by atoms with Crippen molar-refractivity contribution in [1.82, 2.24) is 4.98 Å². The van der Waals surface area contributed by atoms with E-state index in [0.29, 0.717) is 0 Å². The summed E-state index contributed by atoms with van der Waals surface area (Å²) >= 11 is 0. The van der Waals surface area contributed by atoms with Crippen molar-refractivity contribution in [3.63, 3.8) is 0 Å². The highest BCUT2D eigenvalue weighted by Gasteiger charge is 2.07. The quantitative estimate of drug-likeness (QED) is 0.591. The van der Waals surface area contributed by atoms with Gasteiger partial charge in [0.1, 0.15) is 0 Å². The molecule has 0 aliphatic heterocycles. The number of hydrogen-bond donors (Lipinski definition) is 2. The first-order valence-corrected chi connectivity index (χ1v) is 5.27. The molecule has 0 fully saturated rings. The summed E-state index contributed by atoms with van der Waals surface area (Å²) in [6.45, 7) is 0. The lowest BCUT2D eigenvalue weighted by atomic mass is 10.0. The van der Waals surface area contributed by atoms with Gasteiger partial charge < -0.3 is 10.7 Å². The van der Waals surface area contributed by atoms with E-state index < -0.39 is 0 Å². The first-order chi connectivity index (χ1) is 7.86. The number of aromatic amines is 1. The molecule has 0 saturated heterocycles. The largest absolute Gasteiger partial charge is 0.398 e. The zero-order valence-corrected chi connectivity index (χ0v) is 8.77. The number of nitrogen functional groups attached to an aromatic ring is 1. The normalized spacial score (nSPS) is 10.8. The average molecular weight is 208 g/mol. The van der Waals surface area contributed by atoms with Crippen LogP contribution in [0.1, 0.15) is 0 Å². The zero-order valence-electron chi connectivity index (χ0n) is 8.77. The van der Waals surface area contributed by atoms with Gasteiger partial charge in [0.15, 0.2) is 0 Å².